The lowest BCUT2D eigenvalue weighted by atomic mass is 9.92. The summed E-state index contributed by atoms with van der Waals surface area (Å²) in [5.74, 6) is -2.05. The number of hydrogen-bond donors (Lipinski definition) is 1. The van der Waals surface area contributed by atoms with E-state index < -0.39 is 28.8 Å². The SMILES string of the molecule is O=C(c1cc2ccccc2oc1=O)N1CCN(CC(O)(Cn2cncn2)c2ccc(F)cc2F)CC1. The molecule has 0 aliphatic carbocycles. The first-order chi connectivity index (χ1) is 17.3. The van der Waals surface area contributed by atoms with Crippen LogP contribution >= 0.6 is 0 Å². The Kier molecular flexibility index (Phi) is 6.33. The molecule has 2 aromatic carbocycles. The van der Waals surface area contributed by atoms with Crippen molar-refractivity contribution in [1.29, 1.82) is 0 Å². The molecule has 1 aliphatic heterocycles. The monoisotopic (exact) mass is 495 g/mol. The van der Waals surface area contributed by atoms with Gasteiger partial charge in [0.25, 0.3) is 5.91 Å². The van der Waals surface area contributed by atoms with Crippen LogP contribution in [0.4, 0.5) is 8.78 Å². The highest BCUT2D eigenvalue weighted by atomic mass is 19.1. The fourth-order valence-electron chi connectivity index (χ4n) is 4.53. The molecular formula is C25H23F2N5O4. The molecule has 1 saturated heterocycles. The normalized spacial score (nSPS) is 16.2. The van der Waals surface area contributed by atoms with Gasteiger partial charge in [0.05, 0.1) is 6.54 Å². The van der Waals surface area contributed by atoms with Crippen LogP contribution in [0, 0.1) is 11.6 Å². The van der Waals surface area contributed by atoms with Gasteiger partial charge in [-0.05, 0) is 18.2 Å². The molecule has 0 saturated carbocycles. The lowest BCUT2D eigenvalue weighted by Gasteiger charge is -2.39. The molecule has 0 spiro atoms. The van der Waals surface area contributed by atoms with Crippen molar-refractivity contribution in [2.24, 2.45) is 0 Å². The quantitative estimate of drug-likeness (QED) is 0.408. The second-order valence-electron chi connectivity index (χ2n) is 8.80. The van der Waals surface area contributed by atoms with Crippen molar-refractivity contribution in [3.8, 4) is 0 Å². The van der Waals surface area contributed by atoms with E-state index in [1.54, 1.807) is 29.2 Å². The van der Waals surface area contributed by atoms with Crippen LogP contribution in [0.5, 0.6) is 0 Å². The summed E-state index contributed by atoms with van der Waals surface area (Å²) >= 11 is 0. The highest BCUT2D eigenvalue weighted by molar-refractivity contribution is 5.96. The molecule has 186 valence electrons. The van der Waals surface area contributed by atoms with E-state index >= 15 is 0 Å². The Labute approximate surface area is 204 Å². The average Bonchev–Trinajstić information content (AvgIpc) is 3.36. The third-order valence-corrected chi connectivity index (χ3v) is 6.34. The van der Waals surface area contributed by atoms with Crippen LogP contribution in [-0.4, -0.2) is 68.3 Å². The third kappa shape index (κ3) is 4.75. The van der Waals surface area contributed by atoms with Crippen LogP contribution in [-0.2, 0) is 12.1 Å². The van der Waals surface area contributed by atoms with Gasteiger partial charge in [-0.25, -0.2) is 23.2 Å². The Hall–Kier alpha value is -3.96. The number of amides is 1. The molecule has 1 aliphatic rings. The second-order valence-corrected chi connectivity index (χ2v) is 8.80. The Bertz CT molecular complexity index is 1450. The zero-order valence-corrected chi connectivity index (χ0v) is 19.2. The zero-order valence-electron chi connectivity index (χ0n) is 19.2. The summed E-state index contributed by atoms with van der Waals surface area (Å²) in [6.45, 7) is 1.22. The number of β-amino-alcohol motifs (C(OH)–C–C–N with tert-alkyl or cyclic N) is 1. The summed E-state index contributed by atoms with van der Waals surface area (Å²) in [6, 6.07) is 11.5. The largest absolute Gasteiger partial charge is 0.422 e. The molecule has 11 heteroatoms. The van der Waals surface area contributed by atoms with Crippen molar-refractivity contribution in [3.05, 3.63) is 94.4 Å². The van der Waals surface area contributed by atoms with E-state index in [0.717, 1.165) is 12.1 Å². The molecule has 1 unspecified atom stereocenters. The molecule has 4 aromatic rings. The minimum absolute atomic E-state index is 0.00948. The van der Waals surface area contributed by atoms with Gasteiger partial charge in [0, 0.05) is 49.7 Å². The predicted octanol–water partition coefficient (Wildman–Crippen LogP) is 2.01. The number of aliphatic hydroxyl groups is 1. The maximum absolute atomic E-state index is 14.7. The van der Waals surface area contributed by atoms with Gasteiger partial charge in [0.2, 0.25) is 0 Å². The highest BCUT2D eigenvalue weighted by Gasteiger charge is 2.37. The van der Waals surface area contributed by atoms with Gasteiger partial charge in [0.15, 0.2) is 0 Å². The van der Waals surface area contributed by atoms with Crippen LogP contribution < -0.4 is 5.63 Å². The van der Waals surface area contributed by atoms with Gasteiger partial charge in [-0.3, -0.25) is 9.69 Å². The van der Waals surface area contributed by atoms with Gasteiger partial charge in [-0.1, -0.05) is 24.3 Å². The van der Waals surface area contributed by atoms with E-state index in [1.165, 1.54) is 29.5 Å². The number of carbonyl (C=O) groups is 1. The van der Waals surface area contributed by atoms with Crippen LogP contribution in [0.15, 0.2) is 70.4 Å². The van der Waals surface area contributed by atoms with Gasteiger partial charge in [-0.15, -0.1) is 0 Å². The van der Waals surface area contributed by atoms with Gasteiger partial charge in [-0.2, -0.15) is 5.10 Å². The summed E-state index contributed by atoms with van der Waals surface area (Å²) in [5, 5.41) is 16.2. The molecular weight excluding hydrogens is 472 g/mol. The molecule has 36 heavy (non-hydrogen) atoms. The minimum Gasteiger partial charge on any atom is -0.422 e. The van der Waals surface area contributed by atoms with Crippen molar-refractivity contribution in [2.45, 2.75) is 12.1 Å². The summed E-state index contributed by atoms with van der Waals surface area (Å²) in [7, 11) is 0. The summed E-state index contributed by atoms with van der Waals surface area (Å²) < 4.78 is 34.9. The number of hydrogen-bond acceptors (Lipinski definition) is 7. The van der Waals surface area contributed by atoms with E-state index in [4.69, 9.17) is 4.42 Å². The molecule has 9 nitrogen and oxygen atoms in total. The van der Waals surface area contributed by atoms with E-state index in [-0.39, 0.29) is 37.3 Å². The molecule has 0 radical (unpaired) electrons. The molecule has 3 heterocycles. The maximum Gasteiger partial charge on any atom is 0.349 e. The third-order valence-electron chi connectivity index (χ3n) is 6.34. The Morgan fingerprint density at radius 2 is 1.83 bits per heavy atom. The average molecular weight is 495 g/mol. The first-order valence-electron chi connectivity index (χ1n) is 11.4. The minimum atomic E-state index is -1.74. The van der Waals surface area contributed by atoms with Crippen molar-refractivity contribution in [1.82, 2.24) is 24.6 Å². The molecule has 5 rings (SSSR count). The molecule has 1 atom stereocenters. The Morgan fingerprint density at radius 3 is 2.56 bits per heavy atom. The number of fused-ring (bicyclic) bond motifs is 1. The molecule has 1 N–H and O–H groups in total. The number of nitrogens with zero attached hydrogens (tertiary/aromatic N) is 5. The van der Waals surface area contributed by atoms with Gasteiger partial charge in [0.1, 0.15) is 41.0 Å². The molecule has 1 amide bonds. The van der Waals surface area contributed by atoms with E-state index in [1.807, 2.05) is 4.90 Å². The number of para-hydroxylation sites is 1. The van der Waals surface area contributed by atoms with Crippen molar-refractivity contribution < 1.29 is 23.1 Å². The second kappa shape index (κ2) is 9.59. The van der Waals surface area contributed by atoms with Crippen LogP contribution in [0.25, 0.3) is 11.0 Å². The van der Waals surface area contributed by atoms with Crippen molar-refractivity contribution in [3.63, 3.8) is 0 Å². The van der Waals surface area contributed by atoms with Crippen LogP contribution in [0.1, 0.15) is 15.9 Å². The smallest absolute Gasteiger partial charge is 0.349 e. The highest BCUT2D eigenvalue weighted by Crippen LogP contribution is 2.28. The van der Waals surface area contributed by atoms with Crippen molar-refractivity contribution >= 4 is 16.9 Å². The first kappa shape index (κ1) is 23.8. The fourth-order valence-corrected chi connectivity index (χ4v) is 4.53. The van der Waals surface area contributed by atoms with E-state index in [0.29, 0.717) is 24.1 Å². The molecule has 2 aromatic heterocycles. The number of benzene rings is 2. The topological polar surface area (TPSA) is 105 Å². The zero-order chi connectivity index (χ0) is 25.3. The number of piperazine rings is 1. The summed E-state index contributed by atoms with van der Waals surface area (Å²) in [6.07, 6.45) is 2.70. The van der Waals surface area contributed by atoms with Crippen LogP contribution in [0.2, 0.25) is 0 Å². The standard InChI is InChI=1S/C25H23F2N5O4/c26-18-5-6-20(21(27)12-18)25(35,14-32-16-28-15-29-32)13-30-7-9-31(10-8-30)23(33)19-11-17-3-1-2-4-22(17)36-24(19)34/h1-6,11-12,15-16,35H,7-10,13-14H2. The van der Waals surface area contributed by atoms with E-state index in [2.05, 4.69) is 10.1 Å². The number of carbonyl (C=O) groups excluding carboxylic acids is 1. The van der Waals surface area contributed by atoms with Gasteiger partial charge < -0.3 is 14.4 Å². The summed E-state index contributed by atoms with van der Waals surface area (Å²) in [5.41, 5.74) is -2.14. The van der Waals surface area contributed by atoms with Crippen LogP contribution in [0.3, 0.4) is 0 Å². The summed E-state index contributed by atoms with van der Waals surface area (Å²) in [4.78, 5) is 32.8. The Morgan fingerprint density at radius 1 is 1.06 bits per heavy atom. The number of halogens is 2. The van der Waals surface area contributed by atoms with Crippen molar-refractivity contribution in [2.75, 3.05) is 32.7 Å². The number of aromatic nitrogens is 3. The lowest BCUT2D eigenvalue weighted by molar-refractivity contribution is -0.0302. The first-order valence-corrected chi connectivity index (χ1v) is 11.4. The fraction of sp³-hybridized carbons (Fsp3) is 0.280. The van der Waals surface area contributed by atoms with Gasteiger partial charge >= 0.3 is 5.63 Å². The molecule has 0 bridgehead atoms. The predicted molar refractivity (Wildman–Crippen MR) is 125 cm³/mol. The lowest BCUT2D eigenvalue weighted by Crippen LogP contribution is -2.53. The molecule has 1 fully saturated rings. The number of rotatable bonds is 6. The Balaban J connectivity index is 1.32. The van der Waals surface area contributed by atoms with E-state index in [9.17, 15) is 23.5 Å². The maximum atomic E-state index is 14.7.